The van der Waals surface area contributed by atoms with Crippen LogP contribution in [0.2, 0.25) is 0 Å². The van der Waals surface area contributed by atoms with Crippen LogP contribution in [0.3, 0.4) is 0 Å². The van der Waals surface area contributed by atoms with Crippen molar-refractivity contribution in [1.82, 2.24) is 4.57 Å². The molecule has 0 atom stereocenters. The van der Waals surface area contributed by atoms with E-state index in [1.807, 2.05) is 6.07 Å². The summed E-state index contributed by atoms with van der Waals surface area (Å²) < 4.78 is 1.42. The summed E-state index contributed by atoms with van der Waals surface area (Å²) in [5, 5.41) is 17.1. The first-order chi connectivity index (χ1) is 6.56. The van der Waals surface area contributed by atoms with Crippen molar-refractivity contribution in [3.05, 3.63) is 33.7 Å². The molecule has 0 aliphatic carbocycles. The lowest BCUT2D eigenvalue weighted by Crippen LogP contribution is -2.18. The molecule has 0 fully saturated rings. The number of hydrogen-bond donors (Lipinski definition) is 1. The predicted molar refractivity (Wildman–Crippen MR) is 48.0 cm³/mol. The average Bonchev–Trinajstić information content (AvgIpc) is 2.09. The minimum Gasteiger partial charge on any atom is -0.477 e. The van der Waals surface area contributed by atoms with Crippen molar-refractivity contribution < 1.29 is 9.90 Å². The van der Waals surface area contributed by atoms with Gasteiger partial charge in [0.05, 0.1) is 6.07 Å². The van der Waals surface area contributed by atoms with Gasteiger partial charge in [-0.15, -0.1) is 0 Å². The number of aryl methyl sites for hydroxylation is 1. The highest BCUT2D eigenvalue weighted by molar-refractivity contribution is 5.87. The first-order valence-electron chi connectivity index (χ1n) is 3.87. The molecule has 1 aromatic rings. The van der Waals surface area contributed by atoms with Gasteiger partial charge in [0, 0.05) is 18.0 Å². The number of rotatable bonds is 2. The molecule has 5 heteroatoms. The van der Waals surface area contributed by atoms with Gasteiger partial charge in [0.15, 0.2) is 5.43 Å². The van der Waals surface area contributed by atoms with Gasteiger partial charge in [-0.2, -0.15) is 5.26 Å². The summed E-state index contributed by atoms with van der Waals surface area (Å²) in [6, 6.07) is 3.09. The van der Waals surface area contributed by atoms with Crippen molar-refractivity contribution >= 4 is 5.97 Å². The smallest absolute Gasteiger partial charge is 0.341 e. The van der Waals surface area contributed by atoms with Gasteiger partial charge in [-0.25, -0.2) is 4.79 Å². The van der Waals surface area contributed by atoms with Gasteiger partial charge in [-0.3, -0.25) is 4.79 Å². The van der Waals surface area contributed by atoms with Crippen molar-refractivity contribution in [3.63, 3.8) is 0 Å². The molecule has 0 saturated heterocycles. The average molecular weight is 192 g/mol. The van der Waals surface area contributed by atoms with Crippen molar-refractivity contribution in [2.45, 2.75) is 13.5 Å². The summed E-state index contributed by atoms with van der Waals surface area (Å²) in [7, 11) is 0. The highest BCUT2D eigenvalue weighted by Gasteiger charge is 2.09. The Hall–Kier alpha value is -2.09. The van der Waals surface area contributed by atoms with E-state index in [0.29, 0.717) is 5.69 Å². The zero-order chi connectivity index (χ0) is 10.7. The minimum absolute atomic E-state index is 0.0341. The molecule has 0 unspecified atom stereocenters. The molecule has 0 saturated carbocycles. The normalized spacial score (nSPS) is 9.43. The molecule has 72 valence electrons. The number of carboxylic acids is 1. The van der Waals surface area contributed by atoms with E-state index >= 15 is 0 Å². The number of nitriles is 1. The summed E-state index contributed by atoms with van der Waals surface area (Å²) in [4.78, 5) is 21.8. The fourth-order valence-corrected chi connectivity index (χ4v) is 1.08. The molecule has 14 heavy (non-hydrogen) atoms. The van der Waals surface area contributed by atoms with E-state index < -0.39 is 11.4 Å². The van der Waals surface area contributed by atoms with Crippen LogP contribution < -0.4 is 5.43 Å². The topological polar surface area (TPSA) is 83.1 Å². The highest BCUT2D eigenvalue weighted by atomic mass is 16.4. The summed E-state index contributed by atoms with van der Waals surface area (Å²) in [5.74, 6) is -1.28. The maximum Gasteiger partial charge on any atom is 0.341 e. The van der Waals surface area contributed by atoms with Crippen molar-refractivity contribution in [2.75, 3.05) is 0 Å². The Kier molecular flexibility index (Phi) is 2.67. The molecule has 0 amide bonds. The van der Waals surface area contributed by atoms with E-state index in [2.05, 4.69) is 0 Å². The van der Waals surface area contributed by atoms with Crippen LogP contribution in [0.4, 0.5) is 0 Å². The van der Waals surface area contributed by atoms with Crippen LogP contribution in [-0.2, 0) is 6.54 Å². The number of nitrogens with zero attached hydrogens (tertiary/aromatic N) is 2. The Morgan fingerprint density at radius 3 is 2.86 bits per heavy atom. The third kappa shape index (κ3) is 1.80. The fraction of sp³-hybridized carbons (Fsp3) is 0.222. The quantitative estimate of drug-likeness (QED) is 0.734. The Morgan fingerprint density at radius 1 is 1.71 bits per heavy atom. The van der Waals surface area contributed by atoms with Gasteiger partial charge < -0.3 is 9.67 Å². The molecule has 1 aromatic heterocycles. The highest BCUT2D eigenvalue weighted by Crippen LogP contribution is 1.98. The molecule has 1 heterocycles. The van der Waals surface area contributed by atoms with Gasteiger partial charge in [-0.1, -0.05) is 0 Å². The molecule has 0 aliphatic rings. The largest absolute Gasteiger partial charge is 0.477 e. The zero-order valence-electron chi connectivity index (χ0n) is 7.52. The lowest BCUT2D eigenvalue weighted by molar-refractivity contribution is 0.0694. The zero-order valence-corrected chi connectivity index (χ0v) is 7.52. The Morgan fingerprint density at radius 2 is 2.36 bits per heavy atom. The lowest BCUT2D eigenvalue weighted by atomic mass is 10.2. The molecule has 0 radical (unpaired) electrons. The van der Waals surface area contributed by atoms with Crippen LogP contribution in [-0.4, -0.2) is 15.6 Å². The van der Waals surface area contributed by atoms with Crippen LogP contribution in [0.15, 0.2) is 17.1 Å². The number of hydrogen-bond acceptors (Lipinski definition) is 3. The number of pyridine rings is 1. The molecule has 1 rings (SSSR count). The van der Waals surface area contributed by atoms with Gasteiger partial charge in [-0.05, 0) is 6.92 Å². The predicted octanol–water partition coefficient (Wildman–Crippen LogP) is 0.378. The maximum absolute atomic E-state index is 11.2. The maximum atomic E-state index is 11.2. The Labute approximate surface area is 79.8 Å². The third-order valence-electron chi connectivity index (χ3n) is 1.81. The Bertz CT molecular complexity index is 468. The van der Waals surface area contributed by atoms with Crippen LogP contribution >= 0.6 is 0 Å². The minimum atomic E-state index is -1.28. The Balaban J connectivity index is 3.36. The van der Waals surface area contributed by atoms with Crippen LogP contribution in [0.5, 0.6) is 0 Å². The summed E-state index contributed by atoms with van der Waals surface area (Å²) in [6.07, 6.45) is 1.18. The van der Waals surface area contributed by atoms with Gasteiger partial charge in [0.25, 0.3) is 0 Å². The van der Waals surface area contributed by atoms with E-state index in [0.717, 1.165) is 0 Å². The van der Waals surface area contributed by atoms with E-state index in [-0.39, 0.29) is 12.1 Å². The number of aromatic carboxylic acids is 1. The van der Waals surface area contributed by atoms with Crippen molar-refractivity contribution in [3.8, 4) is 6.07 Å². The summed E-state index contributed by atoms with van der Waals surface area (Å²) in [5.41, 5.74) is -0.281. The standard InChI is InChI=1S/C9H8N2O3/c1-6-4-8(12)7(9(13)14)5-11(6)3-2-10/h4-5H,3H2,1H3,(H,13,14). The second-order valence-corrected chi connectivity index (χ2v) is 2.78. The SMILES string of the molecule is Cc1cc(=O)c(C(=O)O)cn1CC#N. The van der Waals surface area contributed by atoms with E-state index in [1.54, 1.807) is 6.92 Å². The molecular formula is C9H8N2O3. The second kappa shape index (κ2) is 3.75. The fourth-order valence-electron chi connectivity index (χ4n) is 1.08. The molecule has 0 aliphatic heterocycles. The van der Waals surface area contributed by atoms with Crippen molar-refractivity contribution in [2.24, 2.45) is 0 Å². The monoisotopic (exact) mass is 192 g/mol. The van der Waals surface area contributed by atoms with Crippen LogP contribution in [0.1, 0.15) is 16.1 Å². The molecule has 0 aromatic carbocycles. The van der Waals surface area contributed by atoms with Gasteiger partial charge in [0.1, 0.15) is 12.1 Å². The van der Waals surface area contributed by atoms with Gasteiger partial charge >= 0.3 is 5.97 Å². The van der Waals surface area contributed by atoms with E-state index in [1.165, 1.54) is 16.8 Å². The molecule has 0 spiro atoms. The van der Waals surface area contributed by atoms with Gasteiger partial charge in [0.2, 0.25) is 0 Å². The number of carbonyl (C=O) groups is 1. The molecule has 0 bridgehead atoms. The van der Waals surface area contributed by atoms with E-state index in [4.69, 9.17) is 10.4 Å². The molecule has 1 N–H and O–H groups in total. The molecular weight excluding hydrogens is 184 g/mol. The summed E-state index contributed by atoms with van der Waals surface area (Å²) >= 11 is 0. The van der Waals surface area contributed by atoms with Crippen molar-refractivity contribution in [1.29, 1.82) is 5.26 Å². The first-order valence-corrected chi connectivity index (χ1v) is 3.87. The molecule has 5 nitrogen and oxygen atoms in total. The summed E-state index contributed by atoms with van der Waals surface area (Å²) in [6.45, 7) is 1.68. The lowest BCUT2D eigenvalue weighted by Gasteiger charge is -2.06. The van der Waals surface area contributed by atoms with Crippen LogP contribution in [0.25, 0.3) is 0 Å². The number of aromatic nitrogens is 1. The first kappa shape index (κ1) is 9.99. The van der Waals surface area contributed by atoms with E-state index in [9.17, 15) is 9.59 Å². The second-order valence-electron chi connectivity index (χ2n) is 2.78. The third-order valence-corrected chi connectivity index (χ3v) is 1.81. The van der Waals surface area contributed by atoms with Crippen LogP contribution in [0, 0.1) is 18.3 Å². The number of carboxylic acid groups (broad SMARTS) is 1.